The maximum atomic E-state index is 10.1. The van der Waals surface area contributed by atoms with Crippen LogP contribution in [-0.4, -0.2) is 14.7 Å². The molecule has 27 heavy (non-hydrogen) atoms. The van der Waals surface area contributed by atoms with Gasteiger partial charge in [0.1, 0.15) is 5.75 Å². The lowest BCUT2D eigenvalue weighted by Crippen LogP contribution is -2.08. The van der Waals surface area contributed by atoms with Crippen molar-refractivity contribution in [3.63, 3.8) is 0 Å². The third kappa shape index (κ3) is 5.25. The Kier molecular flexibility index (Phi) is 7.16. The zero-order valence-corrected chi connectivity index (χ0v) is 17.5. The Labute approximate surface area is 169 Å². The molecule has 0 aliphatic rings. The summed E-state index contributed by atoms with van der Waals surface area (Å²) in [6, 6.07) is 13.7. The van der Waals surface area contributed by atoms with E-state index in [0.717, 1.165) is 40.0 Å². The summed E-state index contributed by atoms with van der Waals surface area (Å²) in [5.41, 5.74) is 3.01. The number of imidazole rings is 1. The second kappa shape index (κ2) is 9.79. The number of unbranched alkanes of at least 4 members (excludes halogenated alkanes) is 5. The zero-order valence-electron chi connectivity index (χ0n) is 15.9. The lowest BCUT2D eigenvalue weighted by atomic mass is 10.1. The van der Waals surface area contributed by atoms with Crippen molar-refractivity contribution >= 4 is 32.9 Å². The maximum absolute atomic E-state index is 10.1. The predicted molar refractivity (Wildman–Crippen MR) is 116 cm³/mol. The molecule has 3 aromatic rings. The van der Waals surface area contributed by atoms with Crippen molar-refractivity contribution in [3.8, 4) is 5.75 Å². The lowest BCUT2D eigenvalue weighted by Gasteiger charge is -2.12. The van der Waals surface area contributed by atoms with Gasteiger partial charge in [0.05, 0.1) is 11.0 Å². The number of anilines is 1. The first-order valence-corrected chi connectivity index (χ1v) is 10.6. The van der Waals surface area contributed by atoms with E-state index in [4.69, 9.17) is 4.98 Å². The largest absolute Gasteiger partial charge is 0.508 e. The van der Waals surface area contributed by atoms with Crippen molar-refractivity contribution in [2.24, 2.45) is 0 Å². The zero-order chi connectivity index (χ0) is 19.1. The average molecular weight is 430 g/mol. The summed E-state index contributed by atoms with van der Waals surface area (Å²) in [6.45, 7) is 3.74. The molecule has 3 rings (SSSR count). The Morgan fingerprint density at radius 2 is 1.81 bits per heavy atom. The number of phenolic OH excluding ortho intramolecular Hbond substituents is 1. The molecule has 1 heterocycles. The van der Waals surface area contributed by atoms with Crippen molar-refractivity contribution in [3.05, 3.63) is 52.5 Å². The van der Waals surface area contributed by atoms with Gasteiger partial charge >= 0.3 is 0 Å². The van der Waals surface area contributed by atoms with E-state index in [1.165, 1.54) is 32.1 Å². The number of hydrogen-bond acceptors (Lipinski definition) is 3. The maximum Gasteiger partial charge on any atom is 0.204 e. The van der Waals surface area contributed by atoms with E-state index >= 15 is 0 Å². The van der Waals surface area contributed by atoms with Crippen molar-refractivity contribution in [1.29, 1.82) is 0 Å². The second-order valence-corrected chi connectivity index (χ2v) is 7.89. The highest BCUT2D eigenvalue weighted by atomic mass is 79.9. The smallest absolute Gasteiger partial charge is 0.204 e. The standard InChI is InChI=1S/C22H28BrN3O/c1-2-3-4-5-6-9-14-26-20-11-8-7-10-19(20)25-22(26)24-16-17-15-18(23)12-13-21(17)27/h7-8,10-13,15,27H,2-6,9,14,16H2,1H3,(H,24,25). The van der Waals surface area contributed by atoms with Crippen LogP contribution in [-0.2, 0) is 13.1 Å². The first-order valence-electron chi connectivity index (χ1n) is 9.85. The topological polar surface area (TPSA) is 50.1 Å². The van der Waals surface area contributed by atoms with Crippen molar-refractivity contribution in [2.75, 3.05) is 5.32 Å². The van der Waals surface area contributed by atoms with E-state index in [-0.39, 0.29) is 0 Å². The summed E-state index contributed by atoms with van der Waals surface area (Å²) in [4.78, 5) is 4.77. The van der Waals surface area contributed by atoms with Crippen LogP contribution < -0.4 is 5.32 Å². The molecule has 0 bridgehead atoms. The number of aromatic nitrogens is 2. The molecule has 144 valence electrons. The Hall–Kier alpha value is -2.01. The van der Waals surface area contributed by atoms with Crippen LogP contribution in [0.4, 0.5) is 5.95 Å². The molecule has 0 unspecified atom stereocenters. The normalized spacial score (nSPS) is 11.2. The van der Waals surface area contributed by atoms with Gasteiger partial charge in [-0.1, -0.05) is 67.1 Å². The SMILES string of the molecule is CCCCCCCCn1c(NCc2cc(Br)ccc2O)nc2ccccc21. The van der Waals surface area contributed by atoms with Crippen molar-refractivity contribution < 1.29 is 5.11 Å². The number of hydrogen-bond donors (Lipinski definition) is 2. The van der Waals surface area contributed by atoms with Gasteiger partial charge in [0.25, 0.3) is 0 Å². The first-order chi connectivity index (χ1) is 13.2. The van der Waals surface area contributed by atoms with Gasteiger partial charge in [0.2, 0.25) is 5.95 Å². The van der Waals surface area contributed by atoms with Gasteiger partial charge in [-0.3, -0.25) is 0 Å². The summed E-state index contributed by atoms with van der Waals surface area (Å²) in [5.74, 6) is 1.16. The minimum Gasteiger partial charge on any atom is -0.508 e. The van der Waals surface area contributed by atoms with Gasteiger partial charge in [-0.25, -0.2) is 4.98 Å². The Morgan fingerprint density at radius 3 is 2.67 bits per heavy atom. The molecular formula is C22H28BrN3O. The number of aryl methyl sites for hydroxylation is 1. The molecule has 2 N–H and O–H groups in total. The summed E-state index contributed by atoms with van der Waals surface area (Å²) < 4.78 is 3.22. The van der Waals surface area contributed by atoms with Gasteiger partial charge in [0.15, 0.2) is 0 Å². The molecule has 0 aliphatic heterocycles. The number of benzene rings is 2. The number of nitrogens with one attached hydrogen (secondary N) is 1. The number of nitrogens with zero attached hydrogens (tertiary/aromatic N) is 2. The summed E-state index contributed by atoms with van der Waals surface area (Å²) >= 11 is 3.47. The van der Waals surface area contributed by atoms with Gasteiger partial charge in [0, 0.05) is 23.1 Å². The third-order valence-corrected chi connectivity index (χ3v) is 5.36. The highest BCUT2D eigenvalue weighted by Crippen LogP contribution is 2.25. The van der Waals surface area contributed by atoms with E-state index < -0.39 is 0 Å². The molecule has 0 fully saturated rings. The number of aromatic hydroxyl groups is 1. The molecule has 0 saturated carbocycles. The fraction of sp³-hybridized carbons (Fsp3) is 0.409. The predicted octanol–water partition coefficient (Wildman–Crippen LogP) is 6.48. The summed E-state index contributed by atoms with van der Waals surface area (Å²) in [5, 5.41) is 13.5. The molecule has 0 saturated heterocycles. The van der Waals surface area contributed by atoms with E-state index in [2.05, 4.69) is 50.9 Å². The monoisotopic (exact) mass is 429 g/mol. The first kappa shape index (κ1) is 19.7. The van der Waals surface area contributed by atoms with Crippen LogP contribution in [0.1, 0.15) is 51.0 Å². The van der Waals surface area contributed by atoms with E-state index in [1.807, 2.05) is 18.2 Å². The molecule has 5 heteroatoms. The molecule has 0 aliphatic carbocycles. The summed E-state index contributed by atoms with van der Waals surface area (Å²) in [6.07, 6.45) is 7.64. The number of halogens is 1. The molecule has 0 amide bonds. The van der Waals surface area contributed by atoms with Crippen LogP contribution in [0.25, 0.3) is 11.0 Å². The van der Waals surface area contributed by atoms with E-state index in [0.29, 0.717) is 12.3 Å². The summed E-state index contributed by atoms with van der Waals surface area (Å²) in [7, 11) is 0. The third-order valence-electron chi connectivity index (χ3n) is 4.87. The van der Waals surface area contributed by atoms with Crippen LogP contribution in [0.3, 0.4) is 0 Å². The van der Waals surface area contributed by atoms with Crippen LogP contribution in [0.5, 0.6) is 5.75 Å². The molecule has 0 spiro atoms. The Morgan fingerprint density at radius 1 is 1.04 bits per heavy atom. The number of rotatable bonds is 10. The number of fused-ring (bicyclic) bond motifs is 1. The average Bonchev–Trinajstić information content (AvgIpc) is 3.03. The number of phenols is 1. The fourth-order valence-corrected chi connectivity index (χ4v) is 3.77. The molecule has 4 nitrogen and oxygen atoms in total. The molecule has 2 aromatic carbocycles. The van der Waals surface area contributed by atoms with Crippen molar-refractivity contribution in [2.45, 2.75) is 58.5 Å². The second-order valence-electron chi connectivity index (χ2n) is 6.97. The molecule has 1 aromatic heterocycles. The van der Waals surface area contributed by atoms with Crippen LogP contribution in [0, 0.1) is 0 Å². The quantitative estimate of drug-likeness (QED) is 0.362. The molecule has 0 atom stereocenters. The minimum absolute atomic E-state index is 0.296. The van der Waals surface area contributed by atoms with Gasteiger partial charge in [-0.15, -0.1) is 0 Å². The van der Waals surface area contributed by atoms with Crippen molar-refractivity contribution in [1.82, 2.24) is 9.55 Å². The number of para-hydroxylation sites is 2. The highest BCUT2D eigenvalue weighted by Gasteiger charge is 2.11. The minimum atomic E-state index is 0.296. The lowest BCUT2D eigenvalue weighted by molar-refractivity contribution is 0.469. The highest BCUT2D eigenvalue weighted by molar-refractivity contribution is 9.10. The van der Waals surface area contributed by atoms with Gasteiger partial charge < -0.3 is 15.0 Å². The van der Waals surface area contributed by atoms with E-state index in [9.17, 15) is 5.11 Å². The van der Waals surface area contributed by atoms with Crippen LogP contribution in [0.2, 0.25) is 0 Å². The Balaban J connectivity index is 1.71. The molecule has 0 radical (unpaired) electrons. The van der Waals surface area contributed by atoms with Crippen LogP contribution >= 0.6 is 15.9 Å². The Bertz CT molecular complexity index is 875. The fourth-order valence-electron chi connectivity index (χ4n) is 3.36. The van der Waals surface area contributed by atoms with E-state index in [1.54, 1.807) is 6.07 Å². The van der Waals surface area contributed by atoms with Gasteiger partial charge in [-0.2, -0.15) is 0 Å². The molecular weight excluding hydrogens is 402 g/mol. The van der Waals surface area contributed by atoms with Crippen LogP contribution in [0.15, 0.2) is 46.9 Å². The van der Waals surface area contributed by atoms with Gasteiger partial charge in [-0.05, 0) is 36.8 Å².